The molecule has 0 bridgehead atoms. The molecule has 0 saturated heterocycles. The van der Waals surface area contributed by atoms with E-state index in [1.807, 2.05) is 13.0 Å². The number of nitrogens with zero attached hydrogens (tertiary/aromatic N) is 2. The van der Waals surface area contributed by atoms with Gasteiger partial charge in [-0.2, -0.15) is 0 Å². The largest absolute Gasteiger partial charge is 0.324 e. The molecule has 146 valence electrons. The Labute approximate surface area is 180 Å². The zero-order valence-corrected chi connectivity index (χ0v) is 18.1. The zero-order chi connectivity index (χ0) is 20.3. The highest BCUT2D eigenvalue weighted by Crippen LogP contribution is 2.30. The molecule has 28 heavy (non-hydrogen) atoms. The molecule has 2 aromatic heterocycles. The molecule has 0 unspecified atom stereocenters. The van der Waals surface area contributed by atoms with E-state index in [1.54, 1.807) is 24.3 Å². The molecular weight excluding hydrogens is 437 g/mol. The molecular formula is C19H17Cl2N3O2S2. The van der Waals surface area contributed by atoms with Crippen molar-refractivity contribution >= 4 is 68.1 Å². The van der Waals surface area contributed by atoms with Gasteiger partial charge < -0.3 is 5.32 Å². The van der Waals surface area contributed by atoms with Gasteiger partial charge in [-0.05, 0) is 24.6 Å². The number of amides is 1. The normalized spacial score (nSPS) is 11.0. The predicted molar refractivity (Wildman–Crippen MR) is 119 cm³/mol. The Balaban J connectivity index is 1.83. The van der Waals surface area contributed by atoms with Crippen molar-refractivity contribution in [3.63, 3.8) is 0 Å². The average molecular weight is 454 g/mol. The van der Waals surface area contributed by atoms with E-state index in [9.17, 15) is 9.59 Å². The van der Waals surface area contributed by atoms with Crippen LogP contribution in [-0.4, -0.2) is 21.2 Å². The first kappa shape index (κ1) is 20.9. The molecule has 3 rings (SSSR count). The monoisotopic (exact) mass is 453 g/mol. The third kappa shape index (κ3) is 4.43. The van der Waals surface area contributed by atoms with Crippen molar-refractivity contribution in [1.82, 2.24) is 9.55 Å². The maximum absolute atomic E-state index is 12.8. The van der Waals surface area contributed by atoms with Gasteiger partial charge in [0, 0.05) is 11.4 Å². The van der Waals surface area contributed by atoms with Crippen LogP contribution in [0.2, 0.25) is 10.0 Å². The molecule has 9 heteroatoms. The summed E-state index contributed by atoms with van der Waals surface area (Å²) in [6.45, 7) is 6.07. The number of nitrogens with one attached hydrogen (secondary N) is 1. The molecule has 2 heterocycles. The summed E-state index contributed by atoms with van der Waals surface area (Å²) in [5.41, 5.74) is 0.319. The standard InChI is InChI=1S/C19H17Cl2N3O2S2/c1-3-8-24-18(26)12-9-11(4-2)28-17(12)23-19(24)27-10-15(25)22-14-7-5-6-13(20)16(14)21/h3,5-7,9H,1,4,8,10H2,2H3,(H,22,25). The Bertz CT molecular complexity index is 1110. The van der Waals surface area contributed by atoms with Crippen LogP contribution in [0.25, 0.3) is 10.2 Å². The maximum Gasteiger partial charge on any atom is 0.263 e. The summed E-state index contributed by atoms with van der Waals surface area (Å²) in [4.78, 5) is 31.6. The van der Waals surface area contributed by atoms with Crippen molar-refractivity contribution in [2.45, 2.75) is 25.0 Å². The van der Waals surface area contributed by atoms with Crippen LogP contribution in [0.3, 0.4) is 0 Å². The Morgan fingerprint density at radius 1 is 1.43 bits per heavy atom. The highest BCUT2D eigenvalue weighted by Gasteiger charge is 2.15. The molecule has 5 nitrogen and oxygen atoms in total. The third-order valence-corrected chi connectivity index (χ3v) is 6.85. The highest BCUT2D eigenvalue weighted by atomic mass is 35.5. The molecule has 0 aliphatic carbocycles. The molecule has 0 spiro atoms. The summed E-state index contributed by atoms with van der Waals surface area (Å²) in [5.74, 6) is -0.196. The molecule has 0 aliphatic heterocycles. The van der Waals surface area contributed by atoms with Crippen molar-refractivity contribution in [3.05, 3.63) is 62.2 Å². The lowest BCUT2D eigenvalue weighted by atomic mass is 10.3. The lowest BCUT2D eigenvalue weighted by molar-refractivity contribution is -0.113. The van der Waals surface area contributed by atoms with Gasteiger partial charge in [0.1, 0.15) is 4.83 Å². The third-order valence-electron chi connectivity index (χ3n) is 3.89. The molecule has 3 aromatic rings. The fourth-order valence-electron chi connectivity index (χ4n) is 2.54. The van der Waals surface area contributed by atoms with Gasteiger partial charge in [0.2, 0.25) is 5.91 Å². The van der Waals surface area contributed by atoms with E-state index < -0.39 is 0 Å². The van der Waals surface area contributed by atoms with Crippen molar-refractivity contribution in [2.24, 2.45) is 0 Å². The zero-order valence-electron chi connectivity index (χ0n) is 15.0. The first-order valence-corrected chi connectivity index (χ1v) is 11.0. The van der Waals surface area contributed by atoms with Gasteiger partial charge in [-0.25, -0.2) is 4.98 Å². The lowest BCUT2D eigenvalue weighted by Crippen LogP contribution is -2.23. The van der Waals surface area contributed by atoms with Crippen LogP contribution in [0.1, 0.15) is 11.8 Å². The minimum atomic E-state index is -0.269. The molecule has 0 atom stereocenters. The van der Waals surface area contributed by atoms with E-state index in [2.05, 4.69) is 16.9 Å². The summed E-state index contributed by atoms with van der Waals surface area (Å²) in [6.07, 6.45) is 2.48. The highest BCUT2D eigenvalue weighted by molar-refractivity contribution is 7.99. The number of fused-ring (bicyclic) bond motifs is 1. The predicted octanol–water partition coefficient (Wildman–Crippen LogP) is 5.24. The van der Waals surface area contributed by atoms with Gasteiger partial charge in [-0.1, -0.05) is 54.0 Å². The Morgan fingerprint density at radius 2 is 2.21 bits per heavy atom. The van der Waals surface area contributed by atoms with Crippen molar-refractivity contribution in [3.8, 4) is 0 Å². The number of aromatic nitrogens is 2. The van der Waals surface area contributed by atoms with E-state index in [0.29, 0.717) is 32.6 Å². The maximum atomic E-state index is 12.8. The smallest absolute Gasteiger partial charge is 0.263 e. The van der Waals surface area contributed by atoms with E-state index in [0.717, 1.165) is 11.3 Å². The second kappa shape index (κ2) is 9.13. The second-order valence-corrected chi connectivity index (χ2v) is 8.66. The molecule has 1 N–H and O–H groups in total. The summed E-state index contributed by atoms with van der Waals surface area (Å²) in [5, 5.41) is 4.46. The minimum absolute atomic E-state index is 0.0734. The van der Waals surface area contributed by atoms with Crippen LogP contribution in [0.15, 0.2) is 46.9 Å². The van der Waals surface area contributed by atoms with Gasteiger partial charge in [0.25, 0.3) is 5.56 Å². The van der Waals surface area contributed by atoms with E-state index >= 15 is 0 Å². The summed E-state index contributed by atoms with van der Waals surface area (Å²) in [6, 6.07) is 6.91. The topological polar surface area (TPSA) is 64.0 Å². The second-order valence-electron chi connectivity index (χ2n) is 5.82. The van der Waals surface area contributed by atoms with Crippen molar-refractivity contribution < 1.29 is 4.79 Å². The van der Waals surface area contributed by atoms with Gasteiger partial charge in [0.05, 0.1) is 26.9 Å². The number of thiophene rings is 1. The van der Waals surface area contributed by atoms with Crippen molar-refractivity contribution in [2.75, 3.05) is 11.1 Å². The van der Waals surface area contributed by atoms with Crippen LogP contribution in [0.4, 0.5) is 5.69 Å². The number of allylic oxidation sites excluding steroid dienone is 1. The SMILES string of the molecule is C=CCn1c(SCC(=O)Nc2cccc(Cl)c2Cl)nc2sc(CC)cc2c1=O. The average Bonchev–Trinajstić information content (AvgIpc) is 3.10. The quantitative estimate of drug-likeness (QED) is 0.301. The molecule has 1 aromatic carbocycles. The number of carbonyl (C=O) groups excluding carboxylic acids is 1. The Hall–Kier alpha value is -1.80. The van der Waals surface area contributed by atoms with Gasteiger partial charge >= 0.3 is 0 Å². The van der Waals surface area contributed by atoms with Gasteiger partial charge in [-0.15, -0.1) is 17.9 Å². The van der Waals surface area contributed by atoms with Crippen molar-refractivity contribution in [1.29, 1.82) is 0 Å². The van der Waals surface area contributed by atoms with Crippen LogP contribution in [0, 0.1) is 0 Å². The van der Waals surface area contributed by atoms with Crippen LogP contribution >= 0.6 is 46.3 Å². The van der Waals surface area contributed by atoms with E-state index in [-0.39, 0.29) is 22.2 Å². The number of rotatable bonds is 7. The summed E-state index contributed by atoms with van der Waals surface area (Å²) in [7, 11) is 0. The molecule has 0 aliphatic rings. The van der Waals surface area contributed by atoms with Gasteiger partial charge in [-0.3, -0.25) is 14.2 Å². The Morgan fingerprint density at radius 3 is 2.93 bits per heavy atom. The summed E-state index contributed by atoms with van der Waals surface area (Å²) >= 11 is 14.8. The molecule has 0 fully saturated rings. The number of carbonyl (C=O) groups is 1. The number of thioether (sulfide) groups is 1. The van der Waals surface area contributed by atoms with E-state index in [1.165, 1.54) is 27.7 Å². The summed E-state index contributed by atoms with van der Waals surface area (Å²) < 4.78 is 1.53. The number of benzene rings is 1. The first-order valence-electron chi connectivity index (χ1n) is 8.45. The Kier molecular flexibility index (Phi) is 6.82. The van der Waals surface area contributed by atoms with Crippen LogP contribution < -0.4 is 10.9 Å². The number of hydrogen-bond acceptors (Lipinski definition) is 5. The fraction of sp³-hybridized carbons (Fsp3) is 0.211. The number of halogens is 2. The first-order chi connectivity index (χ1) is 13.4. The fourth-order valence-corrected chi connectivity index (χ4v) is 4.70. The number of hydrogen-bond donors (Lipinski definition) is 1. The molecule has 0 saturated carbocycles. The molecule has 1 amide bonds. The van der Waals surface area contributed by atoms with E-state index in [4.69, 9.17) is 23.2 Å². The van der Waals surface area contributed by atoms with Gasteiger partial charge in [0.15, 0.2) is 5.16 Å². The van der Waals surface area contributed by atoms with Crippen LogP contribution in [-0.2, 0) is 17.8 Å². The number of anilines is 1. The number of aryl methyl sites for hydroxylation is 1. The van der Waals surface area contributed by atoms with Crippen LogP contribution in [0.5, 0.6) is 0 Å². The molecule has 0 radical (unpaired) electrons. The lowest BCUT2D eigenvalue weighted by Gasteiger charge is -2.11. The minimum Gasteiger partial charge on any atom is -0.324 e.